The molecule has 0 aliphatic heterocycles. The minimum atomic E-state index is -0.622. The van der Waals surface area contributed by atoms with Gasteiger partial charge in [0.25, 0.3) is 0 Å². The lowest BCUT2D eigenvalue weighted by atomic mass is 10.1. The number of nitrogens with one attached hydrogen (secondary N) is 2. The summed E-state index contributed by atoms with van der Waals surface area (Å²) in [5.74, 6) is 1.98. The van der Waals surface area contributed by atoms with Crippen LogP contribution in [0.5, 0.6) is 0 Å². The number of aromatic nitrogens is 1. The number of hydrogen-bond donors (Lipinski definition) is 2. The average molecular weight is 349 g/mol. The lowest BCUT2D eigenvalue weighted by Gasteiger charge is -2.15. The standard InChI is InChI=1S/C20H19N3O3/c1-2-6-18(17-9-3-4-12-21-17)26-19(24)14-7-5-8-16(13-14)23-20(25)22-15-10-11-15/h1,3-5,7-9,12-13,15,18H,6,10-11H2,(H2,22,23,25)/t18-/m0/s1. The van der Waals surface area contributed by atoms with E-state index in [0.29, 0.717) is 16.9 Å². The molecule has 6 nitrogen and oxygen atoms in total. The molecule has 0 spiro atoms. The Morgan fingerprint density at radius 3 is 2.81 bits per heavy atom. The van der Waals surface area contributed by atoms with Crippen LogP contribution >= 0.6 is 0 Å². The molecule has 1 saturated carbocycles. The molecule has 0 saturated heterocycles. The SMILES string of the molecule is C#CC[C@H](OC(=O)c1cccc(NC(=O)NC2CC2)c1)c1ccccn1. The van der Waals surface area contributed by atoms with Gasteiger partial charge in [-0.3, -0.25) is 4.98 Å². The van der Waals surface area contributed by atoms with Crippen LogP contribution in [0.15, 0.2) is 48.7 Å². The van der Waals surface area contributed by atoms with Gasteiger partial charge in [0.15, 0.2) is 6.10 Å². The smallest absolute Gasteiger partial charge is 0.338 e. The van der Waals surface area contributed by atoms with Crippen molar-refractivity contribution in [2.24, 2.45) is 0 Å². The second kappa shape index (κ2) is 8.17. The lowest BCUT2D eigenvalue weighted by molar-refractivity contribution is 0.0299. The maximum Gasteiger partial charge on any atom is 0.338 e. The van der Waals surface area contributed by atoms with Gasteiger partial charge in [-0.05, 0) is 43.2 Å². The molecule has 1 heterocycles. The highest BCUT2D eigenvalue weighted by Crippen LogP contribution is 2.22. The van der Waals surface area contributed by atoms with Gasteiger partial charge in [0, 0.05) is 17.9 Å². The zero-order chi connectivity index (χ0) is 18.4. The number of hydrogen-bond acceptors (Lipinski definition) is 4. The molecular formula is C20H19N3O3. The Hall–Kier alpha value is -3.33. The van der Waals surface area contributed by atoms with Crippen LogP contribution in [0.25, 0.3) is 0 Å². The van der Waals surface area contributed by atoms with Gasteiger partial charge in [-0.25, -0.2) is 9.59 Å². The number of pyridine rings is 1. The van der Waals surface area contributed by atoms with E-state index in [-0.39, 0.29) is 18.5 Å². The first-order chi connectivity index (χ1) is 12.7. The first-order valence-corrected chi connectivity index (χ1v) is 8.38. The Bertz CT molecular complexity index is 826. The van der Waals surface area contributed by atoms with Crippen molar-refractivity contribution >= 4 is 17.7 Å². The van der Waals surface area contributed by atoms with Gasteiger partial charge < -0.3 is 15.4 Å². The molecule has 2 N–H and O–H groups in total. The van der Waals surface area contributed by atoms with Crippen molar-refractivity contribution in [3.05, 3.63) is 59.9 Å². The van der Waals surface area contributed by atoms with Gasteiger partial charge in [-0.1, -0.05) is 12.1 Å². The predicted octanol–water partition coefficient (Wildman–Crippen LogP) is 3.29. The third-order valence-electron chi connectivity index (χ3n) is 3.84. The summed E-state index contributed by atoms with van der Waals surface area (Å²) >= 11 is 0. The lowest BCUT2D eigenvalue weighted by Crippen LogP contribution is -2.30. The van der Waals surface area contributed by atoms with Crippen molar-refractivity contribution in [2.75, 3.05) is 5.32 Å². The molecule has 3 rings (SSSR count). The number of carbonyl (C=O) groups is 2. The maximum absolute atomic E-state index is 12.5. The van der Waals surface area contributed by atoms with Crippen molar-refractivity contribution in [1.82, 2.24) is 10.3 Å². The minimum absolute atomic E-state index is 0.227. The Kier molecular flexibility index (Phi) is 5.49. The van der Waals surface area contributed by atoms with Gasteiger partial charge in [0.1, 0.15) is 0 Å². The quantitative estimate of drug-likeness (QED) is 0.619. The van der Waals surface area contributed by atoms with E-state index < -0.39 is 12.1 Å². The summed E-state index contributed by atoms with van der Waals surface area (Å²) in [5.41, 5.74) is 1.44. The Morgan fingerprint density at radius 1 is 1.27 bits per heavy atom. The Labute approximate surface area is 152 Å². The largest absolute Gasteiger partial charge is 0.451 e. The summed E-state index contributed by atoms with van der Waals surface area (Å²) in [4.78, 5) is 28.5. The van der Waals surface area contributed by atoms with E-state index in [9.17, 15) is 9.59 Å². The molecule has 132 valence electrons. The highest BCUT2D eigenvalue weighted by molar-refractivity contribution is 5.94. The number of ether oxygens (including phenoxy) is 1. The molecule has 26 heavy (non-hydrogen) atoms. The van der Waals surface area contributed by atoms with Crippen molar-refractivity contribution in [1.29, 1.82) is 0 Å². The molecule has 1 aliphatic carbocycles. The van der Waals surface area contributed by atoms with Crippen LogP contribution in [0, 0.1) is 12.3 Å². The number of esters is 1. The molecule has 2 amide bonds. The number of urea groups is 1. The van der Waals surface area contributed by atoms with Gasteiger partial charge in [0.05, 0.1) is 17.7 Å². The van der Waals surface area contributed by atoms with Crippen LogP contribution in [0.3, 0.4) is 0 Å². The normalized spacial score (nSPS) is 14.0. The molecule has 1 aliphatic rings. The number of benzene rings is 1. The number of anilines is 1. The summed E-state index contributed by atoms with van der Waals surface area (Å²) in [6, 6.07) is 11.9. The van der Waals surface area contributed by atoms with E-state index in [0.717, 1.165) is 12.8 Å². The Morgan fingerprint density at radius 2 is 2.12 bits per heavy atom. The fourth-order valence-electron chi connectivity index (χ4n) is 2.38. The fourth-order valence-corrected chi connectivity index (χ4v) is 2.38. The van der Waals surface area contributed by atoms with Gasteiger partial charge in [-0.2, -0.15) is 0 Å². The molecule has 0 radical (unpaired) electrons. The molecule has 1 aromatic carbocycles. The zero-order valence-electron chi connectivity index (χ0n) is 14.1. The van der Waals surface area contributed by atoms with E-state index in [1.807, 2.05) is 6.07 Å². The summed E-state index contributed by atoms with van der Waals surface area (Å²) < 4.78 is 5.53. The molecule has 1 fully saturated rings. The predicted molar refractivity (Wildman–Crippen MR) is 97.5 cm³/mol. The van der Waals surface area contributed by atoms with Crippen molar-refractivity contribution in [3.63, 3.8) is 0 Å². The van der Waals surface area contributed by atoms with Crippen molar-refractivity contribution in [3.8, 4) is 12.3 Å². The van der Waals surface area contributed by atoms with E-state index in [1.165, 1.54) is 0 Å². The molecule has 2 aromatic rings. The van der Waals surface area contributed by atoms with Gasteiger partial charge in [0.2, 0.25) is 0 Å². The molecule has 6 heteroatoms. The van der Waals surface area contributed by atoms with E-state index >= 15 is 0 Å². The van der Waals surface area contributed by atoms with Gasteiger partial charge >= 0.3 is 12.0 Å². The minimum Gasteiger partial charge on any atom is -0.451 e. The van der Waals surface area contributed by atoms with Crippen LogP contribution in [-0.4, -0.2) is 23.0 Å². The number of amides is 2. The van der Waals surface area contributed by atoms with E-state index in [4.69, 9.17) is 11.2 Å². The monoisotopic (exact) mass is 349 g/mol. The first-order valence-electron chi connectivity index (χ1n) is 8.38. The van der Waals surface area contributed by atoms with Crippen LogP contribution < -0.4 is 10.6 Å². The number of terminal acetylenes is 1. The number of nitrogens with zero attached hydrogens (tertiary/aromatic N) is 1. The fraction of sp³-hybridized carbons (Fsp3) is 0.250. The first kappa shape index (κ1) is 17.5. The summed E-state index contributed by atoms with van der Waals surface area (Å²) in [5, 5.41) is 5.54. The number of carbonyl (C=O) groups excluding carboxylic acids is 2. The summed E-state index contributed by atoms with van der Waals surface area (Å²) in [6.45, 7) is 0. The van der Waals surface area contributed by atoms with Crippen molar-refractivity contribution in [2.45, 2.75) is 31.4 Å². The Balaban J connectivity index is 1.67. The topological polar surface area (TPSA) is 80.3 Å². The maximum atomic E-state index is 12.5. The van der Waals surface area contributed by atoms with Crippen molar-refractivity contribution < 1.29 is 14.3 Å². The van der Waals surface area contributed by atoms with Crippen LogP contribution in [0.2, 0.25) is 0 Å². The third kappa shape index (κ3) is 4.84. The molecule has 0 unspecified atom stereocenters. The van der Waals surface area contributed by atoms with Crippen LogP contribution in [0.4, 0.5) is 10.5 Å². The molecule has 1 aromatic heterocycles. The second-order valence-electron chi connectivity index (χ2n) is 6.01. The highest BCUT2D eigenvalue weighted by Gasteiger charge is 2.23. The van der Waals surface area contributed by atoms with E-state index in [1.54, 1.807) is 42.6 Å². The number of rotatable bonds is 6. The molecule has 0 bridgehead atoms. The summed E-state index contributed by atoms with van der Waals surface area (Å²) in [6.07, 6.45) is 8.61. The second-order valence-corrected chi connectivity index (χ2v) is 6.01. The van der Waals surface area contributed by atoms with E-state index in [2.05, 4.69) is 21.5 Å². The van der Waals surface area contributed by atoms with Crippen LogP contribution in [0.1, 0.15) is 41.4 Å². The highest BCUT2D eigenvalue weighted by atomic mass is 16.5. The summed E-state index contributed by atoms with van der Waals surface area (Å²) in [7, 11) is 0. The molecular weight excluding hydrogens is 330 g/mol. The average Bonchev–Trinajstić information content (AvgIpc) is 3.46. The zero-order valence-corrected chi connectivity index (χ0v) is 14.1. The van der Waals surface area contributed by atoms with Crippen LogP contribution in [-0.2, 0) is 4.74 Å². The molecule has 1 atom stereocenters. The van der Waals surface area contributed by atoms with Gasteiger partial charge in [-0.15, -0.1) is 12.3 Å². The third-order valence-corrected chi connectivity index (χ3v) is 3.84.